The lowest BCUT2D eigenvalue weighted by Gasteiger charge is -2.18. The fraction of sp³-hybridized carbons (Fsp3) is 0.935. The molecule has 6 heteroatoms. The van der Waals surface area contributed by atoms with Crippen LogP contribution in [-0.2, 0) is 28.6 Å². The molecule has 0 aliphatic rings. The smallest absolute Gasteiger partial charge is 0.306 e. The third kappa shape index (κ3) is 39.6. The van der Waals surface area contributed by atoms with E-state index in [4.69, 9.17) is 14.2 Å². The molecule has 0 unspecified atom stereocenters. The zero-order chi connectivity index (χ0) is 38.0. The van der Waals surface area contributed by atoms with Gasteiger partial charge in [-0.25, -0.2) is 0 Å². The van der Waals surface area contributed by atoms with Crippen molar-refractivity contribution in [2.24, 2.45) is 0 Å². The van der Waals surface area contributed by atoms with Crippen molar-refractivity contribution in [2.45, 2.75) is 264 Å². The van der Waals surface area contributed by atoms with Crippen molar-refractivity contribution in [1.82, 2.24) is 0 Å². The highest BCUT2D eigenvalue weighted by Gasteiger charge is 2.19. The van der Waals surface area contributed by atoms with Crippen molar-refractivity contribution in [1.29, 1.82) is 0 Å². The lowest BCUT2D eigenvalue weighted by Crippen LogP contribution is -2.30. The summed E-state index contributed by atoms with van der Waals surface area (Å²) in [6.07, 6.45) is 42.3. The monoisotopic (exact) mass is 737 g/mol. The highest BCUT2D eigenvalue weighted by molar-refractivity contribution is 5.71. The molecule has 0 aliphatic carbocycles. The van der Waals surface area contributed by atoms with E-state index in [1.807, 2.05) is 0 Å². The fourth-order valence-corrected chi connectivity index (χ4v) is 6.85. The highest BCUT2D eigenvalue weighted by atomic mass is 16.6. The van der Waals surface area contributed by atoms with E-state index in [0.717, 1.165) is 57.8 Å². The molecular weight excluding hydrogens is 649 g/mol. The second-order valence-corrected chi connectivity index (χ2v) is 15.7. The normalized spacial score (nSPS) is 11.8. The molecule has 1 atom stereocenters. The van der Waals surface area contributed by atoms with E-state index in [-0.39, 0.29) is 31.1 Å². The largest absolute Gasteiger partial charge is 0.462 e. The van der Waals surface area contributed by atoms with Gasteiger partial charge in [0, 0.05) is 19.3 Å². The van der Waals surface area contributed by atoms with Crippen LogP contribution in [0.1, 0.15) is 258 Å². The van der Waals surface area contributed by atoms with Crippen LogP contribution in [0.5, 0.6) is 0 Å². The summed E-state index contributed by atoms with van der Waals surface area (Å²) in [7, 11) is 0. The van der Waals surface area contributed by atoms with Gasteiger partial charge in [-0.15, -0.1) is 0 Å². The topological polar surface area (TPSA) is 78.9 Å². The van der Waals surface area contributed by atoms with E-state index < -0.39 is 6.10 Å². The number of ether oxygens (including phenoxy) is 3. The van der Waals surface area contributed by atoms with Crippen molar-refractivity contribution in [3.8, 4) is 0 Å². The summed E-state index contributed by atoms with van der Waals surface area (Å²) in [6, 6.07) is 0. The number of unbranched alkanes of at least 4 members (excludes halogenated alkanes) is 31. The van der Waals surface area contributed by atoms with Crippen LogP contribution in [0.15, 0.2) is 0 Å². The Balaban J connectivity index is 4.22. The van der Waals surface area contributed by atoms with Crippen molar-refractivity contribution < 1.29 is 28.6 Å². The summed E-state index contributed by atoms with van der Waals surface area (Å²) in [6.45, 7) is 6.61. The Labute approximate surface area is 323 Å². The molecule has 0 aromatic carbocycles. The fourth-order valence-electron chi connectivity index (χ4n) is 6.85. The van der Waals surface area contributed by atoms with E-state index >= 15 is 0 Å². The first-order chi connectivity index (χ1) is 25.5. The molecule has 0 aromatic rings. The lowest BCUT2D eigenvalue weighted by atomic mass is 10.0. The molecule has 0 amide bonds. The molecule has 52 heavy (non-hydrogen) atoms. The first kappa shape index (κ1) is 50.4. The molecule has 0 bridgehead atoms. The lowest BCUT2D eigenvalue weighted by molar-refractivity contribution is -0.167. The Kier molecular flexibility index (Phi) is 40.9. The molecule has 0 fully saturated rings. The summed E-state index contributed by atoms with van der Waals surface area (Å²) in [5, 5.41) is 0. The maximum Gasteiger partial charge on any atom is 0.306 e. The predicted octanol–water partition coefficient (Wildman–Crippen LogP) is 14.5. The van der Waals surface area contributed by atoms with E-state index in [1.54, 1.807) is 0 Å². The Morgan fingerprint density at radius 1 is 0.308 bits per heavy atom. The van der Waals surface area contributed by atoms with Crippen LogP contribution in [0.4, 0.5) is 0 Å². The molecule has 0 N–H and O–H groups in total. The van der Waals surface area contributed by atoms with Crippen LogP contribution < -0.4 is 0 Å². The minimum Gasteiger partial charge on any atom is -0.462 e. The molecule has 0 saturated carbocycles. The standard InChI is InChI=1S/C46H88O6/c1-4-7-10-13-16-18-20-22-24-26-28-31-33-36-39-45(48)51-42-43(52-46(49)40-37-34-29-15-12-9-6-3)41-50-44(47)38-35-32-30-27-25-23-21-19-17-14-11-8-5-2/h43H,4-42H2,1-3H3/t43-/m0/s1. The second-order valence-electron chi connectivity index (χ2n) is 15.7. The van der Waals surface area contributed by atoms with Crippen molar-refractivity contribution in [3.63, 3.8) is 0 Å². The summed E-state index contributed by atoms with van der Waals surface area (Å²) < 4.78 is 16.7. The zero-order valence-corrected chi connectivity index (χ0v) is 35.1. The van der Waals surface area contributed by atoms with Gasteiger partial charge in [0.15, 0.2) is 6.10 Å². The second kappa shape index (κ2) is 42.2. The number of hydrogen-bond acceptors (Lipinski definition) is 6. The van der Waals surface area contributed by atoms with Crippen molar-refractivity contribution in [2.75, 3.05) is 13.2 Å². The predicted molar refractivity (Wildman–Crippen MR) is 220 cm³/mol. The van der Waals surface area contributed by atoms with Crippen LogP contribution in [0.3, 0.4) is 0 Å². The number of carbonyl (C=O) groups is 3. The van der Waals surface area contributed by atoms with E-state index in [9.17, 15) is 14.4 Å². The first-order valence-electron chi connectivity index (χ1n) is 23.0. The molecule has 0 saturated heterocycles. The molecule has 308 valence electrons. The summed E-state index contributed by atoms with van der Waals surface area (Å²) in [4.78, 5) is 37.6. The number of esters is 3. The molecular formula is C46H88O6. The molecule has 0 radical (unpaired) electrons. The maximum atomic E-state index is 12.6. The van der Waals surface area contributed by atoms with Gasteiger partial charge < -0.3 is 14.2 Å². The van der Waals surface area contributed by atoms with Gasteiger partial charge in [-0.05, 0) is 19.3 Å². The average Bonchev–Trinajstić information content (AvgIpc) is 3.14. The Bertz CT molecular complexity index is 768. The van der Waals surface area contributed by atoms with Gasteiger partial charge in [0.25, 0.3) is 0 Å². The molecule has 0 aromatic heterocycles. The zero-order valence-electron chi connectivity index (χ0n) is 35.1. The van der Waals surface area contributed by atoms with Gasteiger partial charge in [-0.1, -0.05) is 220 Å². The maximum absolute atomic E-state index is 12.6. The van der Waals surface area contributed by atoms with E-state index in [1.165, 1.54) is 161 Å². The number of carbonyl (C=O) groups excluding carboxylic acids is 3. The van der Waals surface area contributed by atoms with Crippen LogP contribution in [0.2, 0.25) is 0 Å². The minimum atomic E-state index is -0.757. The number of hydrogen-bond donors (Lipinski definition) is 0. The summed E-state index contributed by atoms with van der Waals surface area (Å²) in [5.41, 5.74) is 0. The third-order valence-electron chi connectivity index (χ3n) is 10.4. The van der Waals surface area contributed by atoms with E-state index in [0.29, 0.717) is 19.3 Å². The van der Waals surface area contributed by atoms with E-state index in [2.05, 4.69) is 20.8 Å². The van der Waals surface area contributed by atoms with Crippen LogP contribution >= 0.6 is 0 Å². The minimum absolute atomic E-state index is 0.0633. The van der Waals surface area contributed by atoms with Gasteiger partial charge in [0.2, 0.25) is 0 Å². The van der Waals surface area contributed by atoms with Crippen LogP contribution in [0, 0.1) is 0 Å². The Morgan fingerprint density at radius 2 is 0.519 bits per heavy atom. The van der Waals surface area contributed by atoms with Crippen molar-refractivity contribution in [3.05, 3.63) is 0 Å². The average molecular weight is 737 g/mol. The highest BCUT2D eigenvalue weighted by Crippen LogP contribution is 2.16. The van der Waals surface area contributed by atoms with Gasteiger partial charge in [-0.2, -0.15) is 0 Å². The molecule has 0 aliphatic heterocycles. The molecule has 6 nitrogen and oxygen atoms in total. The van der Waals surface area contributed by atoms with Crippen LogP contribution in [-0.4, -0.2) is 37.2 Å². The third-order valence-corrected chi connectivity index (χ3v) is 10.4. The Morgan fingerprint density at radius 3 is 0.769 bits per heavy atom. The summed E-state index contributed by atoms with van der Waals surface area (Å²) in [5.74, 6) is -0.857. The first-order valence-corrected chi connectivity index (χ1v) is 23.0. The Hall–Kier alpha value is -1.59. The van der Waals surface area contributed by atoms with Gasteiger partial charge in [0.1, 0.15) is 13.2 Å². The van der Waals surface area contributed by atoms with Crippen molar-refractivity contribution >= 4 is 17.9 Å². The SMILES string of the molecule is CCCCCCCCCCCCCCCCC(=O)OC[C@H](COC(=O)CCCCCCCCCCCCCCC)OC(=O)CCCCCCCCC. The quantitative estimate of drug-likeness (QED) is 0.0353. The van der Waals surface area contributed by atoms with Gasteiger partial charge in [0.05, 0.1) is 0 Å². The molecule has 0 rings (SSSR count). The molecule has 0 heterocycles. The number of rotatable bonds is 42. The molecule has 0 spiro atoms. The van der Waals surface area contributed by atoms with Gasteiger partial charge >= 0.3 is 17.9 Å². The summed E-state index contributed by atoms with van der Waals surface area (Å²) >= 11 is 0. The van der Waals surface area contributed by atoms with Crippen LogP contribution in [0.25, 0.3) is 0 Å². The van der Waals surface area contributed by atoms with Gasteiger partial charge in [-0.3, -0.25) is 14.4 Å².